The largest absolute Gasteiger partial charge is 0.471 e. The Morgan fingerprint density at radius 3 is 2.41 bits per heavy atom. The van der Waals surface area contributed by atoms with Crippen molar-refractivity contribution in [1.82, 2.24) is 25.7 Å². The predicted molar refractivity (Wildman–Crippen MR) is 97.8 cm³/mol. The standard InChI is InChI=1S/C16H20ClF3N6O3/c17-12-11(7-21-24-13(12)27)26-6-3-10(8-26)23-15(29)22-9-1-4-25(5-2-9)14(28)16(18,19)20/h7,9-10H,1-6,8H2,(H,24,27)(H2,22,23,29)/t10-/m1/s1. The van der Waals surface area contributed by atoms with Gasteiger partial charge in [-0.25, -0.2) is 9.89 Å². The van der Waals surface area contributed by atoms with Crippen LogP contribution in [0.1, 0.15) is 19.3 Å². The molecule has 9 nitrogen and oxygen atoms in total. The molecule has 2 aliphatic rings. The molecule has 3 rings (SSSR count). The van der Waals surface area contributed by atoms with Crippen molar-refractivity contribution < 1.29 is 22.8 Å². The summed E-state index contributed by atoms with van der Waals surface area (Å²) in [6.45, 7) is 0.896. The molecular formula is C16H20ClF3N6O3. The van der Waals surface area contributed by atoms with Crippen molar-refractivity contribution in [2.24, 2.45) is 0 Å². The molecule has 29 heavy (non-hydrogen) atoms. The fourth-order valence-corrected chi connectivity index (χ4v) is 3.72. The Morgan fingerprint density at radius 1 is 1.14 bits per heavy atom. The lowest BCUT2D eigenvalue weighted by Gasteiger charge is -2.32. The Hall–Kier alpha value is -2.50. The molecule has 1 atom stereocenters. The summed E-state index contributed by atoms with van der Waals surface area (Å²) < 4.78 is 37.4. The minimum Gasteiger partial charge on any atom is -0.367 e. The van der Waals surface area contributed by atoms with Crippen molar-refractivity contribution in [2.45, 2.75) is 37.5 Å². The number of urea groups is 1. The van der Waals surface area contributed by atoms with E-state index >= 15 is 0 Å². The van der Waals surface area contributed by atoms with E-state index in [9.17, 15) is 27.6 Å². The van der Waals surface area contributed by atoms with E-state index < -0.39 is 23.7 Å². The van der Waals surface area contributed by atoms with Crippen LogP contribution in [0.4, 0.5) is 23.7 Å². The summed E-state index contributed by atoms with van der Waals surface area (Å²) in [6.07, 6.45) is -2.30. The number of nitrogens with one attached hydrogen (secondary N) is 3. The average Bonchev–Trinajstić information content (AvgIpc) is 3.11. The number of alkyl halides is 3. The van der Waals surface area contributed by atoms with Crippen LogP contribution in [-0.4, -0.2) is 71.5 Å². The SMILES string of the molecule is O=C(NC1CCN(C(=O)C(F)(F)F)CC1)N[C@@H]1CCN(c2cn[nH]c(=O)c2Cl)C1. The number of anilines is 1. The van der Waals surface area contributed by atoms with Gasteiger partial charge < -0.3 is 20.4 Å². The number of hydrogen-bond donors (Lipinski definition) is 3. The van der Waals surface area contributed by atoms with Crippen molar-refractivity contribution >= 4 is 29.2 Å². The van der Waals surface area contributed by atoms with Gasteiger partial charge >= 0.3 is 18.1 Å². The van der Waals surface area contributed by atoms with Gasteiger partial charge in [-0.1, -0.05) is 11.6 Å². The molecule has 1 aromatic heterocycles. The van der Waals surface area contributed by atoms with E-state index in [1.165, 1.54) is 6.20 Å². The summed E-state index contributed by atoms with van der Waals surface area (Å²) in [4.78, 5) is 37.6. The molecule has 0 bridgehead atoms. The quantitative estimate of drug-likeness (QED) is 0.651. The molecule has 0 aromatic carbocycles. The lowest BCUT2D eigenvalue weighted by atomic mass is 10.1. The van der Waals surface area contributed by atoms with E-state index in [4.69, 9.17) is 11.6 Å². The summed E-state index contributed by atoms with van der Waals surface area (Å²) in [6, 6.07) is -0.916. The van der Waals surface area contributed by atoms with Crippen LogP contribution in [0.3, 0.4) is 0 Å². The zero-order valence-corrected chi connectivity index (χ0v) is 16.0. The maximum Gasteiger partial charge on any atom is 0.471 e. The molecule has 160 valence electrons. The average molecular weight is 437 g/mol. The number of hydrogen-bond acceptors (Lipinski definition) is 5. The Morgan fingerprint density at radius 2 is 1.76 bits per heavy atom. The maximum atomic E-state index is 12.5. The molecule has 3 heterocycles. The molecule has 3 N–H and O–H groups in total. The van der Waals surface area contributed by atoms with Crippen LogP contribution < -0.4 is 21.1 Å². The number of aromatic amines is 1. The first kappa shape index (κ1) is 21.2. The zero-order valence-electron chi connectivity index (χ0n) is 15.3. The smallest absolute Gasteiger partial charge is 0.367 e. The van der Waals surface area contributed by atoms with Crippen LogP contribution in [-0.2, 0) is 4.79 Å². The van der Waals surface area contributed by atoms with Gasteiger partial charge in [0.2, 0.25) is 0 Å². The van der Waals surface area contributed by atoms with Crippen LogP contribution in [0.2, 0.25) is 5.02 Å². The van der Waals surface area contributed by atoms with Crippen LogP contribution in [0.15, 0.2) is 11.0 Å². The molecule has 0 saturated carbocycles. The molecule has 3 amide bonds. The third kappa shape index (κ3) is 5.11. The second-order valence-electron chi connectivity index (χ2n) is 7.01. The summed E-state index contributed by atoms with van der Waals surface area (Å²) >= 11 is 5.99. The second kappa shape index (κ2) is 8.47. The van der Waals surface area contributed by atoms with Gasteiger partial charge in [0.15, 0.2) is 0 Å². The van der Waals surface area contributed by atoms with Gasteiger partial charge in [-0.3, -0.25) is 9.59 Å². The Bertz CT molecular complexity index is 825. The summed E-state index contributed by atoms with van der Waals surface area (Å²) in [5, 5.41) is 11.6. The van der Waals surface area contributed by atoms with Gasteiger partial charge in [0.1, 0.15) is 5.02 Å². The summed E-state index contributed by atoms with van der Waals surface area (Å²) in [7, 11) is 0. The van der Waals surface area contributed by atoms with Crippen molar-refractivity contribution in [1.29, 1.82) is 0 Å². The number of carbonyl (C=O) groups is 2. The Balaban J connectivity index is 1.45. The van der Waals surface area contributed by atoms with E-state index in [0.29, 0.717) is 25.2 Å². The molecule has 0 aliphatic carbocycles. The maximum absolute atomic E-state index is 12.5. The highest BCUT2D eigenvalue weighted by Gasteiger charge is 2.43. The molecule has 2 saturated heterocycles. The molecule has 2 aliphatic heterocycles. The zero-order chi connectivity index (χ0) is 21.2. The van der Waals surface area contributed by atoms with Gasteiger partial charge in [0.05, 0.1) is 11.9 Å². The van der Waals surface area contributed by atoms with Crippen LogP contribution >= 0.6 is 11.6 Å². The predicted octanol–water partition coefficient (Wildman–Crippen LogP) is 0.854. The van der Waals surface area contributed by atoms with E-state index in [1.807, 2.05) is 4.90 Å². The van der Waals surface area contributed by atoms with E-state index in [-0.39, 0.29) is 43.0 Å². The normalized spacial score (nSPS) is 20.6. The minimum absolute atomic E-state index is 0.0327. The molecule has 1 aromatic rings. The molecular weight excluding hydrogens is 417 g/mol. The molecule has 2 fully saturated rings. The first-order chi connectivity index (χ1) is 13.6. The van der Waals surface area contributed by atoms with Crippen molar-refractivity contribution in [2.75, 3.05) is 31.1 Å². The second-order valence-corrected chi connectivity index (χ2v) is 7.39. The lowest BCUT2D eigenvalue weighted by Crippen LogP contribution is -2.52. The molecule has 0 unspecified atom stereocenters. The van der Waals surface area contributed by atoms with E-state index in [0.717, 1.165) is 4.90 Å². The van der Waals surface area contributed by atoms with Gasteiger partial charge in [-0.2, -0.15) is 18.3 Å². The lowest BCUT2D eigenvalue weighted by molar-refractivity contribution is -0.186. The molecule has 0 spiro atoms. The number of amides is 3. The number of halogens is 4. The molecule has 13 heteroatoms. The van der Waals surface area contributed by atoms with E-state index in [1.54, 1.807) is 0 Å². The third-order valence-corrected chi connectivity index (χ3v) is 5.37. The number of piperidine rings is 1. The number of aromatic nitrogens is 2. The van der Waals surface area contributed by atoms with Gasteiger partial charge in [-0.05, 0) is 19.3 Å². The highest BCUT2D eigenvalue weighted by Crippen LogP contribution is 2.25. The monoisotopic (exact) mass is 436 g/mol. The fraction of sp³-hybridized carbons (Fsp3) is 0.625. The van der Waals surface area contributed by atoms with Crippen molar-refractivity contribution in [3.63, 3.8) is 0 Å². The van der Waals surface area contributed by atoms with Crippen molar-refractivity contribution in [3.8, 4) is 0 Å². The summed E-state index contributed by atoms with van der Waals surface area (Å²) in [5.74, 6) is -1.85. The van der Waals surface area contributed by atoms with Crippen LogP contribution in [0.25, 0.3) is 0 Å². The Kier molecular flexibility index (Phi) is 6.20. The number of carbonyl (C=O) groups excluding carboxylic acids is 2. The van der Waals surface area contributed by atoms with Crippen LogP contribution in [0.5, 0.6) is 0 Å². The number of H-pyrrole nitrogens is 1. The highest BCUT2D eigenvalue weighted by atomic mass is 35.5. The number of rotatable bonds is 3. The third-order valence-electron chi connectivity index (χ3n) is 5.00. The van der Waals surface area contributed by atoms with Crippen LogP contribution in [0, 0.1) is 0 Å². The van der Waals surface area contributed by atoms with Gasteiger partial charge in [0, 0.05) is 38.3 Å². The first-order valence-electron chi connectivity index (χ1n) is 9.06. The number of likely N-dealkylation sites (tertiary alicyclic amines) is 1. The van der Waals surface area contributed by atoms with Crippen molar-refractivity contribution in [3.05, 3.63) is 21.6 Å². The fourth-order valence-electron chi connectivity index (χ4n) is 3.51. The van der Waals surface area contributed by atoms with Gasteiger partial charge in [0.25, 0.3) is 5.56 Å². The summed E-state index contributed by atoms with van der Waals surface area (Å²) in [5.41, 5.74) is -0.00417. The minimum atomic E-state index is -4.88. The molecule has 0 radical (unpaired) electrons. The highest BCUT2D eigenvalue weighted by molar-refractivity contribution is 6.33. The first-order valence-corrected chi connectivity index (χ1v) is 9.44. The number of nitrogens with zero attached hydrogens (tertiary/aromatic N) is 3. The van der Waals surface area contributed by atoms with E-state index in [2.05, 4.69) is 20.8 Å². The topological polar surface area (TPSA) is 110 Å². The van der Waals surface area contributed by atoms with Gasteiger partial charge in [-0.15, -0.1) is 0 Å². The Labute approximate surface area is 168 Å².